The highest BCUT2D eigenvalue weighted by Crippen LogP contribution is 2.32. The number of aromatic nitrogens is 2. The molecule has 0 aliphatic heterocycles. The van der Waals surface area contributed by atoms with Crippen LogP contribution in [0.4, 0.5) is 24.5 Å². The van der Waals surface area contributed by atoms with Gasteiger partial charge < -0.3 is 26.1 Å². The molecule has 36 heavy (non-hydrogen) atoms. The predicted octanol–water partition coefficient (Wildman–Crippen LogP) is 4.69. The van der Waals surface area contributed by atoms with Crippen LogP contribution in [0.3, 0.4) is 0 Å². The van der Waals surface area contributed by atoms with Crippen molar-refractivity contribution < 1.29 is 27.5 Å². The van der Waals surface area contributed by atoms with Gasteiger partial charge in [0.2, 0.25) is 0 Å². The molecule has 0 bridgehead atoms. The fraction of sp³-hybridized carbons (Fsp3) is 0.160. The summed E-state index contributed by atoms with van der Waals surface area (Å²) >= 11 is 0. The van der Waals surface area contributed by atoms with Gasteiger partial charge in [0.15, 0.2) is 0 Å². The molecule has 0 aliphatic carbocycles. The van der Waals surface area contributed by atoms with Gasteiger partial charge >= 0.3 is 6.18 Å². The van der Waals surface area contributed by atoms with E-state index in [1.54, 1.807) is 24.3 Å². The summed E-state index contributed by atoms with van der Waals surface area (Å²) in [5.74, 6) is -1.06. The number of imidazole rings is 1. The van der Waals surface area contributed by atoms with Crippen molar-refractivity contribution in [3.8, 4) is 0 Å². The van der Waals surface area contributed by atoms with Crippen molar-refractivity contribution in [1.29, 1.82) is 0 Å². The number of carbonyl (C=O) groups excluding carboxylic acids is 2. The predicted molar refractivity (Wildman–Crippen MR) is 128 cm³/mol. The number of hydrogen-bond donors (Lipinski definition) is 4. The Morgan fingerprint density at radius 1 is 0.972 bits per heavy atom. The highest BCUT2D eigenvalue weighted by Gasteiger charge is 2.35. The quantitative estimate of drug-likeness (QED) is 0.295. The second-order valence-electron chi connectivity index (χ2n) is 7.89. The molecule has 186 valence electrons. The Kier molecular flexibility index (Phi) is 7.04. The van der Waals surface area contributed by atoms with Crippen LogP contribution in [0.25, 0.3) is 11.0 Å². The molecular formula is C25H22F3N5O3. The van der Waals surface area contributed by atoms with E-state index in [9.17, 15) is 22.8 Å². The highest BCUT2D eigenvalue weighted by atomic mass is 19.4. The number of benzene rings is 3. The summed E-state index contributed by atoms with van der Waals surface area (Å²) in [6, 6.07) is 14.2. The van der Waals surface area contributed by atoms with E-state index in [1.807, 2.05) is 0 Å². The van der Waals surface area contributed by atoms with Crippen LogP contribution in [-0.4, -0.2) is 28.9 Å². The number of ether oxygens (including phenoxy) is 1. The van der Waals surface area contributed by atoms with E-state index in [0.717, 1.165) is 17.7 Å². The van der Waals surface area contributed by atoms with Crippen LogP contribution in [0.15, 0.2) is 60.7 Å². The number of fused-ring (bicyclic) bond motifs is 1. The molecule has 0 aliphatic rings. The van der Waals surface area contributed by atoms with Crippen molar-refractivity contribution in [2.24, 2.45) is 5.73 Å². The zero-order valence-electron chi connectivity index (χ0n) is 19.1. The molecule has 2 amide bonds. The maximum absolute atomic E-state index is 13.4. The number of carbonyl (C=O) groups is 2. The SMILES string of the molecule is COCc1nc2c(C(=O)Nc3ccc(CN)cc3)cc(NC(=O)c3ccccc3C(F)(F)F)cc2[nH]1. The highest BCUT2D eigenvalue weighted by molar-refractivity contribution is 6.14. The number of methoxy groups -OCH3 is 1. The molecule has 4 aromatic rings. The Hall–Kier alpha value is -4.22. The van der Waals surface area contributed by atoms with Gasteiger partial charge in [0.05, 0.1) is 22.2 Å². The molecule has 8 nitrogen and oxygen atoms in total. The third kappa shape index (κ3) is 5.37. The van der Waals surface area contributed by atoms with Gasteiger partial charge in [-0.15, -0.1) is 0 Å². The first kappa shape index (κ1) is 24.9. The first-order valence-corrected chi connectivity index (χ1v) is 10.8. The number of hydrogen-bond acceptors (Lipinski definition) is 5. The first-order chi connectivity index (χ1) is 17.2. The van der Waals surface area contributed by atoms with E-state index >= 15 is 0 Å². The molecule has 0 spiro atoms. The van der Waals surface area contributed by atoms with Crippen molar-refractivity contribution in [3.05, 3.63) is 88.7 Å². The van der Waals surface area contributed by atoms with Gasteiger partial charge in [0, 0.05) is 25.0 Å². The summed E-state index contributed by atoms with van der Waals surface area (Å²) in [5, 5.41) is 5.22. The summed E-state index contributed by atoms with van der Waals surface area (Å²) in [4.78, 5) is 33.3. The standard InChI is InChI=1S/C25H22F3N5O3/c1-36-13-21-32-20-11-16(31-23(34)17-4-2-3-5-19(17)25(26,27)28)10-18(22(20)33-21)24(35)30-15-8-6-14(12-29)7-9-15/h2-11H,12-13,29H2,1H3,(H,30,35)(H,31,34)(H,32,33). The van der Waals surface area contributed by atoms with Crippen molar-refractivity contribution in [3.63, 3.8) is 0 Å². The molecular weight excluding hydrogens is 475 g/mol. The lowest BCUT2D eigenvalue weighted by Gasteiger charge is -2.13. The number of nitrogens with zero attached hydrogens (tertiary/aromatic N) is 1. The van der Waals surface area contributed by atoms with Gasteiger partial charge in [-0.25, -0.2) is 4.98 Å². The van der Waals surface area contributed by atoms with Gasteiger partial charge in [-0.1, -0.05) is 24.3 Å². The lowest BCUT2D eigenvalue weighted by Crippen LogP contribution is -2.19. The topological polar surface area (TPSA) is 122 Å². The van der Waals surface area contributed by atoms with Gasteiger partial charge in [0.25, 0.3) is 11.8 Å². The van der Waals surface area contributed by atoms with Crippen molar-refractivity contribution in [1.82, 2.24) is 9.97 Å². The van der Waals surface area contributed by atoms with E-state index in [0.29, 0.717) is 29.1 Å². The summed E-state index contributed by atoms with van der Waals surface area (Å²) in [7, 11) is 1.48. The molecule has 5 N–H and O–H groups in total. The fourth-order valence-electron chi connectivity index (χ4n) is 3.67. The van der Waals surface area contributed by atoms with E-state index in [2.05, 4.69) is 20.6 Å². The summed E-state index contributed by atoms with van der Waals surface area (Å²) in [5.41, 5.74) is 6.32. The molecule has 0 radical (unpaired) electrons. The molecule has 1 aromatic heterocycles. The van der Waals surface area contributed by atoms with E-state index in [4.69, 9.17) is 10.5 Å². The maximum Gasteiger partial charge on any atom is 0.417 e. The number of rotatable bonds is 7. The summed E-state index contributed by atoms with van der Waals surface area (Å²) in [6.45, 7) is 0.487. The van der Waals surface area contributed by atoms with Crippen LogP contribution in [0, 0.1) is 0 Å². The van der Waals surface area contributed by atoms with Crippen LogP contribution in [-0.2, 0) is 24.1 Å². The normalized spacial score (nSPS) is 11.5. The number of aromatic amines is 1. The second kappa shape index (κ2) is 10.2. The first-order valence-electron chi connectivity index (χ1n) is 10.8. The van der Waals surface area contributed by atoms with Gasteiger partial charge in [-0.05, 0) is 42.0 Å². The minimum absolute atomic E-state index is 0.105. The maximum atomic E-state index is 13.4. The fourth-order valence-corrected chi connectivity index (χ4v) is 3.67. The molecule has 4 rings (SSSR count). The van der Waals surface area contributed by atoms with Crippen molar-refractivity contribution in [2.45, 2.75) is 19.3 Å². The lowest BCUT2D eigenvalue weighted by atomic mass is 10.1. The zero-order chi connectivity index (χ0) is 25.9. The van der Waals surface area contributed by atoms with E-state index < -0.39 is 29.1 Å². The van der Waals surface area contributed by atoms with Crippen LogP contribution < -0.4 is 16.4 Å². The average molecular weight is 497 g/mol. The van der Waals surface area contributed by atoms with E-state index in [-0.39, 0.29) is 17.9 Å². The Bertz CT molecular complexity index is 1410. The largest absolute Gasteiger partial charge is 0.417 e. The number of halogens is 3. The van der Waals surface area contributed by atoms with Crippen LogP contribution in [0.1, 0.15) is 37.7 Å². The van der Waals surface area contributed by atoms with Crippen LogP contribution in [0.5, 0.6) is 0 Å². The number of nitrogens with two attached hydrogens (primary N) is 1. The third-order valence-corrected chi connectivity index (χ3v) is 5.34. The Labute approximate surface area is 203 Å². The summed E-state index contributed by atoms with van der Waals surface area (Å²) < 4.78 is 45.3. The average Bonchev–Trinajstić information content (AvgIpc) is 3.26. The van der Waals surface area contributed by atoms with Gasteiger partial charge in [-0.3, -0.25) is 9.59 Å². The number of H-pyrrole nitrogens is 1. The van der Waals surface area contributed by atoms with Crippen molar-refractivity contribution in [2.75, 3.05) is 17.7 Å². The molecule has 0 unspecified atom stereocenters. The number of nitrogens with one attached hydrogen (secondary N) is 3. The number of amides is 2. The minimum atomic E-state index is -4.71. The van der Waals surface area contributed by atoms with Crippen LogP contribution in [0.2, 0.25) is 0 Å². The van der Waals surface area contributed by atoms with Gasteiger partial charge in [0.1, 0.15) is 17.9 Å². The Morgan fingerprint density at radius 2 is 1.64 bits per heavy atom. The van der Waals surface area contributed by atoms with Gasteiger partial charge in [-0.2, -0.15) is 13.2 Å². The Balaban J connectivity index is 1.70. The van der Waals surface area contributed by atoms with Crippen LogP contribution >= 0.6 is 0 Å². The molecule has 3 aromatic carbocycles. The lowest BCUT2D eigenvalue weighted by molar-refractivity contribution is -0.137. The van der Waals surface area contributed by atoms with Crippen molar-refractivity contribution >= 4 is 34.2 Å². The Morgan fingerprint density at radius 3 is 2.31 bits per heavy atom. The molecule has 0 atom stereocenters. The zero-order valence-corrected chi connectivity index (χ0v) is 19.1. The van der Waals surface area contributed by atoms with E-state index in [1.165, 1.54) is 31.4 Å². The monoisotopic (exact) mass is 497 g/mol. The molecule has 0 saturated heterocycles. The number of anilines is 2. The molecule has 0 saturated carbocycles. The smallest absolute Gasteiger partial charge is 0.377 e. The third-order valence-electron chi connectivity index (χ3n) is 5.34. The summed E-state index contributed by atoms with van der Waals surface area (Å²) in [6.07, 6.45) is -4.71. The molecule has 0 fully saturated rings. The number of alkyl halides is 3. The minimum Gasteiger partial charge on any atom is -0.377 e. The molecule has 1 heterocycles. The molecule has 11 heteroatoms. The second-order valence-corrected chi connectivity index (χ2v) is 7.89.